The van der Waals surface area contributed by atoms with Crippen LogP contribution in [0.15, 0.2) is 42.5 Å². The Bertz CT molecular complexity index is 1040. The molecule has 0 aliphatic carbocycles. The highest BCUT2D eigenvalue weighted by Crippen LogP contribution is 2.35. The standard InChI is InChI=1S/C25H30N2O7/c1-15(26-19(24(29)30)10-9-16-7-5-4-6-8-16)23(28)27-14-18-13-22(34-3)21(33-2)12-17(18)11-20(27)25(31)32/h4-8,12-13,15,19-20,26H,9-11,14H2,1-3H3,(H,29,30)(H,31,32)/t15-,19+,20-/m0/s1. The van der Waals surface area contributed by atoms with E-state index in [1.54, 1.807) is 19.1 Å². The first kappa shape index (κ1) is 25.0. The molecule has 1 aliphatic rings. The summed E-state index contributed by atoms with van der Waals surface area (Å²) >= 11 is 0. The fourth-order valence-corrected chi connectivity index (χ4v) is 4.22. The van der Waals surface area contributed by atoms with Crippen molar-refractivity contribution in [3.63, 3.8) is 0 Å². The van der Waals surface area contributed by atoms with Gasteiger partial charge in [-0.3, -0.25) is 14.9 Å². The van der Waals surface area contributed by atoms with Crippen LogP contribution in [-0.4, -0.2) is 65.3 Å². The Labute approximate surface area is 198 Å². The number of aliphatic carboxylic acids is 2. The van der Waals surface area contributed by atoms with Gasteiger partial charge in [0.15, 0.2) is 11.5 Å². The van der Waals surface area contributed by atoms with E-state index in [2.05, 4.69) is 5.32 Å². The summed E-state index contributed by atoms with van der Waals surface area (Å²) in [5, 5.41) is 22.4. The van der Waals surface area contributed by atoms with E-state index >= 15 is 0 Å². The Kier molecular flexibility index (Phi) is 8.12. The highest BCUT2D eigenvalue weighted by Gasteiger charge is 2.38. The van der Waals surface area contributed by atoms with Crippen molar-refractivity contribution in [1.82, 2.24) is 10.2 Å². The minimum absolute atomic E-state index is 0.0687. The highest BCUT2D eigenvalue weighted by atomic mass is 16.5. The molecule has 0 bridgehead atoms. The van der Waals surface area contributed by atoms with Crippen LogP contribution in [0.25, 0.3) is 0 Å². The average molecular weight is 471 g/mol. The molecule has 2 aromatic rings. The smallest absolute Gasteiger partial charge is 0.326 e. The van der Waals surface area contributed by atoms with Gasteiger partial charge in [-0.1, -0.05) is 30.3 Å². The van der Waals surface area contributed by atoms with Gasteiger partial charge in [0.2, 0.25) is 5.91 Å². The predicted molar refractivity (Wildman–Crippen MR) is 124 cm³/mol. The number of hydrogen-bond donors (Lipinski definition) is 3. The Balaban J connectivity index is 1.76. The van der Waals surface area contributed by atoms with Gasteiger partial charge in [-0.05, 0) is 48.6 Å². The Morgan fingerprint density at radius 3 is 2.24 bits per heavy atom. The number of aryl methyl sites for hydroxylation is 1. The van der Waals surface area contributed by atoms with Gasteiger partial charge in [-0.15, -0.1) is 0 Å². The van der Waals surface area contributed by atoms with Gasteiger partial charge in [0.05, 0.1) is 20.3 Å². The van der Waals surface area contributed by atoms with Crippen molar-refractivity contribution in [1.29, 1.82) is 0 Å². The molecule has 0 aromatic heterocycles. The van der Waals surface area contributed by atoms with Crippen molar-refractivity contribution in [2.45, 2.75) is 50.9 Å². The summed E-state index contributed by atoms with van der Waals surface area (Å²) in [7, 11) is 3.01. The summed E-state index contributed by atoms with van der Waals surface area (Å²) in [6.45, 7) is 1.63. The lowest BCUT2D eigenvalue weighted by molar-refractivity contribution is -0.152. The molecule has 1 aliphatic heterocycles. The first-order valence-corrected chi connectivity index (χ1v) is 11.0. The second-order valence-corrected chi connectivity index (χ2v) is 8.30. The topological polar surface area (TPSA) is 125 Å². The maximum absolute atomic E-state index is 13.3. The predicted octanol–water partition coefficient (Wildman–Crippen LogP) is 2.11. The summed E-state index contributed by atoms with van der Waals surface area (Å²) in [4.78, 5) is 38.4. The number of carbonyl (C=O) groups is 3. The Hall–Kier alpha value is -3.59. The van der Waals surface area contributed by atoms with E-state index in [0.29, 0.717) is 24.3 Å². The van der Waals surface area contributed by atoms with Crippen molar-refractivity contribution in [2.75, 3.05) is 14.2 Å². The van der Waals surface area contributed by atoms with Crippen LogP contribution in [0.5, 0.6) is 11.5 Å². The summed E-state index contributed by atoms with van der Waals surface area (Å²) in [6, 6.07) is 10.0. The number of carboxylic acids is 2. The van der Waals surface area contributed by atoms with E-state index in [1.165, 1.54) is 19.1 Å². The summed E-state index contributed by atoms with van der Waals surface area (Å²) < 4.78 is 10.7. The van der Waals surface area contributed by atoms with E-state index in [0.717, 1.165) is 16.7 Å². The van der Waals surface area contributed by atoms with Crippen LogP contribution in [0.1, 0.15) is 30.0 Å². The quantitative estimate of drug-likeness (QED) is 0.482. The molecule has 34 heavy (non-hydrogen) atoms. The number of nitrogens with one attached hydrogen (secondary N) is 1. The minimum atomic E-state index is -1.13. The number of rotatable bonds is 10. The molecule has 3 N–H and O–H groups in total. The molecular weight excluding hydrogens is 440 g/mol. The van der Waals surface area contributed by atoms with Crippen LogP contribution < -0.4 is 14.8 Å². The number of benzene rings is 2. The highest BCUT2D eigenvalue weighted by molar-refractivity contribution is 5.88. The van der Waals surface area contributed by atoms with Gasteiger partial charge in [0.1, 0.15) is 12.1 Å². The number of carboxylic acid groups (broad SMARTS) is 2. The Morgan fingerprint density at radius 2 is 1.68 bits per heavy atom. The van der Waals surface area contributed by atoms with Crippen molar-refractivity contribution in [3.8, 4) is 11.5 Å². The average Bonchev–Trinajstić information content (AvgIpc) is 2.84. The second-order valence-electron chi connectivity index (χ2n) is 8.30. The van der Waals surface area contributed by atoms with Gasteiger partial charge in [-0.25, -0.2) is 4.79 Å². The molecule has 3 rings (SSSR count). The number of ether oxygens (including phenoxy) is 2. The van der Waals surface area contributed by atoms with Crippen LogP contribution in [0, 0.1) is 0 Å². The monoisotopic (exact) mass is 470 g/mol. The van der Waals surface area contributed by atoms with Crippen LogP contribution in [0.2, 0.25) is 0 Å². The molecule has 9 nitrogen and oxygen atoms in total. The molecule has 0 saturated carbocycles. The molecule has 1 amide bonds. The van der Waals surface area contributed by atoms with Crippen molar-refractivity contribution in [2.24, 2.45) is 0 Å². The molecule has 182 valence electrons. The normalized spacial score (nSPS) is 16.8. The van der Waals surface area contributed by atoms with Gasteiger partial charge < -0.3 is 24.6 Å². The van der Waals surface area contributed by atoms with Gasteiger partial charge in [0, 0.05) is 13.0 Å². The number of fused-ring (bicyclic) bond motifs is 1. The SMILES string of the molecule is COc1cc2c(cc1OC)CN(C(=O)[C@H](C)N[C@H](CCc1ccccc1)C(=O)O)[C@H](C(=O)O)C2. The number of carbonyl (C=O) groups excluding carboxylic acids is 1. The largest absolute Gasteiger partial charge is 0.493 e. The second kappa shape index (κ2) is 11.0. The lowest BCUT2D eigenvalue weighted by atomic mass is 9.92. The van der Waals surface area contributed by atoms with E-state index in [4.69, 9.17) is 9.47 Å². The van der Waals surface area contributed by atoms with Crippen LogP contribution in [0.3, 0.4) is 0 Å². The third-order valence-electron chi connectivity index (χ3n) is 6.09. The Morgan fingerprint density at radius 1 is 1.06 bits per heavy atom. The van der Waals surface area contributed by atoms with Gasteiger partial charge in [-0.2, -0.15) is 0 Å². The molecule has 3 atom stereocenters. The molecule has 0 saturated heterocycles. The zero-order valence-corrected chi connectivity index (χ0v) is 19.5. The van der Waals surface area contributed by atoms with E-state index in [1.807, 2.05) is 30.3 Å². The summed E-state index contributed by atoms with van der Waals surface area (Å²) in [5.41, 5.74) is 2.52. The van der Waals surface area contributed by atoms with Gasteiger partial charge >= 0.3 is 11.9 Å². The fourth-order valence-electron chi connectivity index (χ4n) is 4.22. The zero-order chi connectivity index (χ0) is 24.8. The van der Waals surface area contributed by atoms with Crippen LogP contribution in [0.4, 0.5) is 0 Å². The van der Waals surface area contributed by atoms with Gasteiger partial charge in [0.25, 0.3) is 0 Å². The van der Waals surface area contributed by atoms with Crippen molar-refractivity contribution >= 4 is 17.8 Å². The fraction of sp³-hybridized carbons (Fsp3) is 0.400. The molecule has 0 radical (unpaired) electrons. The minimum Gasteiger partial charge on any atom is -0.493 e. The summed E-state index contributed by atoms with van der Waals surface area (Å²) in [6.07, 6.45) is 0.932. The lowest BCUT2D eigenvalue weighted by Gasteiger charge is -2.37. The maximum Gasteiger partial charge on any atom is 0.326 e. The third kappa shape index (κ3) is 5.66. The van der Waals surface area contributed by atoms with Crippen LogP contribution >= 0.6 is 0 Å². The molecule has 9 heteroatoms. The van der Waals surface area contributed by atoms with Crippen molar-refractivity contribution in [3.05, 3.63) is 59.2 Å². The summed E-state index contributed by atoms with van der Waals surface area (Å²) in [5.74, 6) is -1.69. The lowest BCUT2D eigenvalue weighted by Crippen LogP contribution is -2.56. The molecule has 0 fully saturated rings. The number of amides is 1. The third-order valence-corrected chi connectivity index (χ3v) is 6.09. The number of hydrogen-bond acceptors (Lipinski definition) is 6. The molecule has 1 heterocycles. The van der Waals surface area contributed by atoms with Crippen LogP contribution in [-0.2, 0) is 33.8 Å². The zero-order valence-electron chi connectivity index (χ0n) is 19.5. The number of methoxy groups -OCH3 is 2. The molecule has 0 unspecified atom stereocenters. The first-order valence-electron chi connectivity index (χ1n) is 11.0. The van der Waals surface area contributed by atoms with E-state index < -0.39 is 36.0 Å². The number of nitrogens with zero attached hydrogens (tertiary/aromatic N) is 1. The first-order chi connectivity index (χ1) is 16.2. The van der Waals surface area contributed by atoms with Crippen molar-refractivity contribution < 1.29 is 34.1 Å². The molecule has 2 aromatic carbocycles. The van der Waals surface area contributed by atoms with E-state index in [-0.39, 0.29) is 13.0 Å². The maximum atomic E-state index is 13.3. The molecule has 0 spiro atoms. The van der Waals surface area contributed by atoms with E-state index in [9.17, 15) is 24.6 Å². The molecular formula is C25H30N2O7.